The van der Waals surface area contributed by atoms with Gasteiger partial charge in [0, 0.05) is 5.56 Å². The highest BCUT2D eigenvalue weighted by molar-refractivity contribution is 7.71. The molecule has 0 saturated heterocycles. The summed E-state index contributed by atoms with van der Waals surface area (Å²) in [6.45, 7) is 0. The minimum absolute atomic E-state index is 0.0542. The molecule has 1 N–H and O–H groups in total. The molecule has 1 heterocycles. The molecule has 0 fully saturated rings. The van der Waals surface area contributed by atoms with E-state index >= 15 is 0 Å². The van der Waals surface area contributed by atoms with Crippen LogP contribution in [0.2, 0.25) is 0 Å². The van der Waals surface area contributed by atoms with Crippen molar-refractivity contribution in [1.82, 2.24) is 4.98 Å². The lowest BCUT2D eigenvalue weighted by Gasteiger charge is -2.02. The van der Waals surface area contributed by atoms with Crippen LogP contribution in [-0.2, 0) is 16.5 Å². The molecule has 5 heteroatoms. The molecular formula is C12H11NO3S. The molecule has 0 amide bonds. The summed E-state index contributed by atoms with van der Waals surface area (Å²) in [4.78, 5) is 4.07. The quantitative estimate of drug-likeness (QED) is 0.810. The van der Waals surface area contributed by atoms with Crippen LogP contribution in [0.4, 0.5) is 0 Å². The summed E-state index contributed by atoms with van der Waals surface area (Å²) in [6.07, 6.45) is 1.37. The Morgan fingerprint density at radius 2 is 1.76 bits per heavy atom. The first-order valence-corrected chi connectivity index (χ1v) is 6.37. The van der Waals surface area contributed by atoms with Crippen molar-refractivity contribution >= 4 is 10.7 Å². The molecule has 17 heavy (non-hydrogen) atoms. The minimum atomic E-state index is -2.39. The molecule has 0 spiro atoms. The molecular weight excluding hydrogens is 238 g/mol. The number of nitrogens with zero attached hydrogens (tertiary/aromatic N) is 1. The monoisotopic (exact) mass is 249 g/mol. The summed E-state index contributed by atoms with van der Waals surface area (Å²) >= 11 is 0. The lowest BCUT2D eigenvalue weighted by molar-refractivity contribution is 0.473. The average Bonchev–Trinajstić information content (AvgIpc) is 2.30. The molecule has 0 aliphatic carbocycles. The molecule has 0 saturated carbocycles. The molecule has 2 aromatic rings. The Kier molecular flexibility index (Phi) is 3.39. The Bertz CT molecular complexity index is 566. The van der Waals surface area contributed by atoms with E-state index in [1.165, 1.54) is 6.20 Å². The van der Waals surface area contributed by atoms with Crippen molar-refractivity contribution in [3.05, 3.63) is 48.2 Å². The van der Waals surface area contributed by atoms with Crippen molar-refractivity contribution in [1.29, 1.82) is 0 Å². The van der Waals surface area contributed by atoms with E-state index in [1.54, 1.807) is 24.3 Å². The van der Waals surface area contributed by atoms with Crippen molar-refractivity contribution in [3.63, 3.8) is 0 Å². The molecule has 88 valence electrons. The fraction of sp³-hybridized carbons (Fsp3) is 0.0833. The van der Waals surface area contributed by atoms with E-state index in [9.17, 15) is 8.42 Å². The van der Waals surface area contributed by atoms with Crippen LogP contribution in [-0.4, -0.2) is 18.5 Å². The van der Waals surface area contributed by atoms with Gasteiger partial charge in [-0.2, -0.15) is 0 Å². The zero-order chi connectivity index (χ0) is 12.3. The zero-order valence-electron chi connectivity index (χ0n) is 8.91. The number of hydrogen-bond acceptors (Lipinski definition) is 4. The summed E-state index contributed by atoms with van der Waals surface area (Å²) in [7, 11) is -2.39. The molecule has 0 aliphatic rings. The summed E-state index contributed by atoms with van der Waals surface area (Å²) in [6, 6.07) is 10.4. The smallest absolute Gasteiger partial charge is 0.144 e. The Morgan fingerprint density at radius 1 is 1.06 bits per heavy atom. The maximum absolute atomic E-state index is 10.6. The Morgan fingerprint density at radius 3 is 2.29 bits per heavy atom. The predicted molar refractivity (Wildman–Crippen MR) is 65.4 cm³/mol. The number of pyridine rings is 1. The SMILES string of the molecule is O=[SH](=O)Cc1ccc(-c2ccc(O)cn2)cc1. The molecule has 4 nitrogen and oxygen atoms in total. The lowest BCUT2D eigenvalue weighted by atomic mass is 10.1. The summed E-state index contributed by atoms with van der Waals surface area (Å²) in [5, 5.41) is 9.12. The zero-order valence-corrected chi connectivity index (χ0v) is 9.80. The van der Waals surface area contributed by atoms with Crippen molar-refractivity contribution in [2.24, 2.45) is 0 Å². The fourth-order valence-corrected chi connectivity index (χ4v) is 2.00. The topological polar surface area (TPSA) is 67.3 Å². The number of aromatic hydroxyl groups is 1. The van der Waals surface area contributed by atoms with Crippen molar-refractivity contribution in [2.75, 3.05) is 0 Å². The number of benzene rings is 1. The first-order chi connectivity index (χ1) is 8.15. The summed E-state index contributed by atoms with van der Waals surface area (Å²) in [5.74, 6) is 0.173. The summed E-state index contributed by atoms with van der Waals surface area (Å²) < 4.78 is 21.1. The third kappa shape index (κ3) is 3.04. The number of hydrogen-bond donors (Lipinski definition) is 2. The van der Waals surface area contributed by atoms with E-state index in [2.05, 4.69) is 4.98 Å². The normalized spacial score (nSPS) is 10.6. The molecule has 0 atom stereocenters. The highest BCUT2D eigenvalue weighted by Gasteiger charge is 2.00. The minimum Gasteiger partial charge on any atom is -0.506 e. The van der Waals surface area contributed by atoms with E-state index in [4.69, 9.17) is 5.11 Å². The third-order valence-electron chi connectivity index (χ3n) is 2.31. The van der Waals surface area contributed by atoms with Gasteiger partial charge in [-0.3, -0.25) is 4.98 Å². The largest absolute Gasteiger partial charge is 0.506 e. The van der Waals surface area contributed by atoms with Gasteiger partial charge in [-0.25, -0.2) is 8.42 Å². The van der Waals surface area contributed by atoms with Gasteiger partial charge in [0.25, 0.3) is 0 Å². The van der Waals surface area contributed by atoms with E-state index in [1.807, 2.05) is 12.1 Å². The molecule has 2 rings (SSSR count). The Balaban J connectivity index is 2.26. The second-order valence-electron chi connectivity index (χ2n) is 3.59. The average molecular weight is 249 g/mol. The van der Waals surface area contributed by atoms with Gasteiger partial charge >= 0.3 is 0 Å². The predicted octanol–water partition coefficient (Wildman–Crippen LogP) is 1.57. The van der Waals surface area contributed by atoms with Crippen LogP contribution >= 0.6 is 0 Å². The van der Waals surface area contributed by atoms with Crippen molar-refractivity contribution in [3.8, 4) is 17.0 Å². The second-order valence-corrected chi connectivity index (χ2v) is 4.57. The fourth-order valence-electron chi connectivity index (χ4n) is 1.49. The van der Waals surface area contributed by atoms with Crippen LogP contribution in [0.25, 0.3) is 11.3 Å². The maximum atomic E-state index is 10.6. The van der Waals surface area contributed by atoms with Crippen LogP contribution in [0.5, 0.6) is 5.75 Å². The van der Waals surface area contributed by atoms with Gasteiger partial charge in [0.2, 0.25) is 0 Å². The van der Waals surface area contributed by atoms with E-state index in [0.29, 0.717) is 0 Å². The van der Waals surface area contributed by atoms with Crippen LogP contribution < -0.4 is 0 Å². The van der Waals surface area contributed by atoms with Crippen LogP contribution in [0.15, 0.2) is 42.6 Å². The first-order valence-electron chi connectivity index (χ1n) is 5.01. The summed E-state index contributed by atoms with van der Waals surface area (Å²) in [5.41, 5.74) is 2.37. The maximum Gasteiger partial charge on any atom is 0.144 e. The van der Waals surface area contributed by atoms with Gasteiger partial charge in [-0.15, -0.1) is 0 Å². The molecule has 1 aromatic carbocycles. The first kappa shape index (κ1) is 11.6. The Hall–Kier alpha value is -1.88. The van der Waals surface area contributed by atoms with Gasteiger partial charge in [0.05, 0.1) is 17.6 Å². The molecule has 0 unspecified atom stereocenters. The number of aromatic nitrogens is 1. The third-order valence-corrected chi connectivity index (χ3v) is 2.93. The van der Waals surface area contributed by atoms with Gasteiger partial charge in [-0.1, -0.05) is 24.3 Å². The standard InChI is InChI=1S/C12H11NO3S/c14-11-5-6-12(13-7-11)10-3-1-9(2-4-10)8-17(15)16/h1-7,14,17H,8H2. The van der Waals surface area contributed by atoms with E-state index < -0.39 is 10.7 Å². The van der Waals surface area contributed by atoms with E-state index in [0.717, 1.165) is 16.8 Å². The highest BCUT2D eigenvalue weighted by Crippen LogP contribution is 2.19. The van der Waals surface area contributed by atoms with Crippen LogP contribution in [0.3, 0.4) is 0 Å². The van der Waals surface area contributed by atoms with Gasteiger partial charge in [-0.05, 0) is 17.7 Å². The van der Waals surface area contributed by atoms with Gasteiger partial charge in [0.15, 0.2) is 0 Å². The molecule has 0 radical (unpaired) electrons. The lowest BCUT2D eigenvalue weighted by Crippen LogP contribution is -1.87. The Labute approximate surface area is 101 Å². The van der Waals surface area contributed by atoms with Gasteiger partial charge in [0.1, 0.15) is 16.5 Å². The molecule has 0 aliphatic heterocycles. The second kappa shape index (κ2) is 4.97. The van der Waals surface area contributed by atoms with Crippen molar-refractivity contribution < 1.29 is 13.5 Å². The molecule has 0 bridgehead atoms. The van der Waals surface area contributed by atoms with Crippen LogP contribution in [0.1, 0.15) is 5.56 Å². The highest BCUT2D eigenvalue weighted by atomic mass is 32.2. The van der Waals surface area contributed by atoms with E-state index in [-0.39, 0.29) is 11.5 Å². The molecule has 1 aromatic heterocycles. The number of thiol groups is 1. The van der Waals surface area contributed by atoms with Gasteiger partial charge < -0.3 is 5.11 Å². The number of rotatable bonds is 3. The van der Waals surface area contributed by atoms with Crippen molar-refractivity contribution in [2.45, 2.75) is 5.75 Å². The van der Waals surface area contributed by atoms with Crippen LogP contribution in [0, 0.1) is 0 Å².